The number of rotatable bonds is 6. The van der Waals surface area contributed by atoms with Gasteiger partial charge in [0.2, 0.25) is 0 Å². The molecule has 0 atom stereocenters. The van der Waals surface area contributed by atoms with E-state index in [4.69, 9.17) is 5.41 Å². The van der Waals surface area contributed by atoms with E-state index in [1.807, 2.05) is 36.4 Å². The van der Waals surface area contributed by atoms with Gasteiger partial charge in [0.05, 0.1) is 35.8 Å². The summed E-state index contributed by atoms with van der Waals surface area (Å²) in [5, 5.41) is 22.3. The number of allylic oxidation sites excluding steroid dienone is 2. The Morgan fingerprint density at radius 1 is 1.16 bits per heavy atom. The van der Waals surface area contributed by atoms with E-state index < -0.39 is 11.9 Å². The average Bonchev–Trinajstić information content (AvgIpc) is 3.39. The number of alkyl halides is 3. The molecule has 11 heteroatoms. The normalized spacial score (nSPS) is 12.3. The van der Waals surface area contributed by atoms with Crippen LogP contribution >= 0.6 is 0 Å². The van der Waals surface area contributed by atoms with E-state index in [0.29, 0.717) is 5.69 Å². The Balaban J connectivity index is 1.44. The quantitative estimate of drug-likeness (QED) is 0.460. The Morgan fingerprint density at radius 3 is 2.65 bits per heavy atom. The van der Waals surface area contributed by atoms with Gasteiger partial charge in [0.25, 0.3) is 0 Å². The zero-order chi connectivity index (χ0) is 22.0. The molecule has 0 bridgehead atoms. The number of hydrogen-bond acceptors (Lipinski definition) is 6. The first-order valence-electron chi connectivity index (χ1n) is 9.20. The summed E-state index contributed by atoms with van der Waals surface area (Å²) in [5.74, 6) is 0. The second kappa shape index (κ2) is 8.01. The fourth-order valence-corrected chi connectivity index (χ4v) is 2.90. The van der Waals surface area contributed by atoms with Gasteiger partial charge in [-0.05, 0) is 49.4 Å². The molecule has 0 radical (unpaired) electrons. The van der Waals surface area contributed by atoms with Crippen LogP contribution in [0.3, 0.4) is 0 Å². The highest BCUT2D eigenvalue weighted by Gasteiger charge is 2.32. The molecule has 4 rings (SSSR count). The molecule has 0 aliphatic carbocycles. The second-order valence-electron chi connectivity index (χ2n) is 6.73. The van der Waals surface area contributed by atoms with E-state index in [1.54, 1.807) is 28.0 Å². The van der Waals surface area contributed by atoms with Crippen LogP contribution in [-0.2, 0) is 6.54 Å². The molecule has 158 valence electrons. The molecular formula is C20H17F3N8. The van der Waals surface area contributed by atoms with Crippen LogP contribution in [-0.4, -0.2) is 41.6 Å². The highest BCUT2D eigenvalue weighted by molar-refractivity contribution is 5.97. The van der Waals surface area contributed by atoms with Crippen LogP contribution in [0.25, 0.3) is 22.4 Å². The molecule has 31 heavy (non-hydrogen) atoms. The SMILES string of the molecule is C/C(=C\C(=N)C(F)(F)F)NCc1cn(-c2ccc(-n3ncc4ncccc43)cc2)nn1. The number of nitrogens with one attached hydrogen (secondary N) is 2. The van der Waals surface area contributed by atoms with Gasteiger partial charge < -0.3 is 5.32 Å². The van der Waals surface area contributed by atoms with Crippen molar-refractivity contribution in [3.63, 3.8) is 0 Å². The lowest BCUT2D eigenvalue weighted by Crippen LogP contribution is -2.22. The van der Waals surface area contributed by atoms with Crippen molar-refractivity contribution < 1.29 is 13.2 Å². The number of hydrogen-bond donors (Lipinski definition) is 2. The molecule has 8 nitrogen and oxygen atoms in total. The predicted molar refractivity (Wildman–Crippen MR) is 108 cm³/mol. The number of halogens is 3. The first-order valence-corrected chi connectivity index (χ1v) is 9.20. The molecule has 0 saturated heterocycles. The van der Waals surface area contributed by atoms with Gasteiger partial charge in [0.1, 0.15) is 16.9 Å². The fourth-order valence-electron chi connectivity index (χ4n) is 2.90. The van der Waals surface area contributed by atoms with Crippen molar-refractivity contribution in [1.82, 2.24) is 35.1 Å². The lowest BCUT2D eigenvalue weighted by Gasteiger charge is -2.07. The minimum atomic E-state index is -4.67. The molecule has 0 unspecified atom stereocenters. The van der Waals surface area contributed by atoms with Gasteiger partial charge in [-0.25, -0.2) is 9.36 Å². The van der Waals surface area contributed by atoms with Crippen molar-refractivity contribution in [3.05, 3.63) is 72.5 Å². The fraction of sp³-hybridized carbons (Fsp3) is 0.150. The number of pyridine rings is 1. The van der Waals surface area contributed by atoms with Gasteiger partial charge in [-0.3, -0.25) is 10.4 Å². The van der Waals surface area contributed by atoms with Crippen molar-refractivity contribution in [2.24, 2.45) is 0 Å². The Hall–Kier alpha value is -4.02. The van der Waals surface area contributed by atoms with Gasteiger partial charge >= 0.3 is 6.18 Å². The maximum atomic E-state index is 12.4. The van der Waals surface area contributed by atoms with E-state index in [1.165, 1.54) is 6.92 Å². The summed E-state index contributed by atoms with van der Waals surface area (Å²) in [6.45, 7) is 1.63. The van der Waals surface area contributed by atoms with E-state index in [9.17, 15) is 13.2 Å². The van der Waals surface area contributed by atoms with Crippen LogP contribution in [0.4, 0.5) is 13.2 Å². The summed E-state index contributed by atoms with van der Waals surface area (Å²) in [6.07, 6.45) is 1.16. The van der Waals surface area contributed by atoms with Crippen LogP contribution in [0.15, 0.2) is 66.8 Å². The van der Waals surface area contributed by atoms with Crippen molar-refractivity contribution in [3.8, 4) is 11.4 Å². The summed E-state index contributed by atoms with van der Waals surface area (Å²) in [5.41, 5.74) is 2.66. The van der Waals surface area contributed by atoms with E-state index in [0.717, 1.165) is 28.5 Å². The molecule has 3 heterocycles. The van der Waals surface area contributed by atoms with E-state index in [2.05, 4.69) is 25.7 Å². The summed E-state index contributed by atoms with van der Waals surface area (Å²) < 4.78 is 40.6. The highest BCUT2D eigenvalue weighted by Crippen LogP contribution is 2.19. The third-order valence-electron chi connectivity index (χ3n) is 4.45. The Bertz CT molecular complexity index is 1250. The van der Waals surface area contributed by atoms with Gasteiger partial charge in [0.15, 0.2) is 0 Å². The zero-order valence-corrected chi connectivity index (χ0v) is 16.3. The average molecular weight is 426 g/mol. The molecule has 1 aromatic carbocycles. The Kier molecular flexibility index (Phi) is 5.24. The molecule has 0 fully saturated rings. The minimum Gasteiger partial charge on any atom is -0.383 e. The summed E-state index contributed by atoms with van der Waals surface area (Å²) >= 11 is 0. The van der Waals surface area contributed by atoms with Crippen LogP contribution in [0.2, 0.25) is 0 Å². The first-order chi connectivity index (χ1) is 14.8. The standard InChI is InChI=1S/C20H17F3N8/c1-13(9-19(24)20(21,22)23)26-10-14-12-30(29-28-14)15-4-6-16(7-5-15)31-18-3-2-8-25-17(18)11-27-31/h2-9,11-12,24,26H,10H2,1H3/b13-9+,24-19?. The Morgan fingerprint density at radius 2 is 1.90 bits per heavy atom. The molecule has 0 aliphatic rings. The van der Waals surface area contributed by atoms with Gasteiger partial charge in [0, 0.05) is 11.9 Å². The van der Waals surface area contributed by atoms with E-state index in [-0.39, 0.29) is 12.2 Å². The van der Waals surface area contributed by atoms with Crippen LogP contribution < -0.4 is 5.32 Å². The number of nitrogens with zero attached hydrogens (tertiary/aromatic N) is 6. The molecule has 2 N–H and O–H groups in total. The minimum absolute atomic E-state index is 0.178. The van der Waals surface area contributed by atoms with Crippen molar-refractivity contribution >= 4 is 16.7 Å². The van der Waals surface area contributed by atoms with Gasteiger partial charge in [-0.15, -0.1) is 5.10 Å². The molecule has 0 spiro atoms. The highest BCUT2D eigenvalue weighted by atomic mass is 19.4. The molecule has 0 amide bonds. The molecule has 3 aromatic heterocycles. The largest absolute Gasteiger partial charge is 0.432 e. The topological polar surface area (TPSA) is 97.3 Å². The lowest BCUT2D eigenvalue weighted by molar-refractivity contribution is -0.0584. The number of fused-ring (bicyclic) bond motifs is 1. The van der Waals surface area contributed by atoms with Crippen molar-refractivity contribution in [1.29, 1.82) is 5.41 Å². The number of benzene rings is 1. The third kappa shape index (κ3) is 4.44. The maximum Gasteiger partial charge on any atom is 0.432 e. The maximum absolute atomic E-state index is 12.4. The smallest absolute Gasteiger partial charge is 0.383 e. The second-order valence-corrected chi connectivity index (χ2v) is 6.73. The first kappa shape index (κ1) is 20.3. The van der Waals surface area contributed by atoms with Gasteiger partial charge in [-0.1, -0.05) is 5.21 Å². The van der Waals surface area contributed by atoms with Gasteiger partial charge in [-0.2, -0.15) is 18.3 Å². The molecular weight excluding hydrogens is 409 g/mol. The lowest BCUT2D eigenvalue weighted by atomic mass is 10.2. The monoisotopic (exact) mass is 426 g/mol. The predicted octanol–water partition coefficient (Wildman–Crippen LogP) is 3.58. The molecule has 0 saturated carbocycles. The van der Waals surface area contributed by atoms with Crippen LogP contribution in [0.5, 0.6) is 0 Å². The molecule has 0 aliphatic heterocycles. The van der Waals surface area contributed by atoms with Crippen molar-refractivity contribution in [2.75, 3.05) is 0 Å². The molecule has 4 aromatic rings. The third-order valence-corrected chi connectivity index (χ3v) is 4.45. The van der Waals surface area contributed by atoms with Crippen LogP contribution in [0.1, 0.15) is 12.6 Å². The Labute approximate surface area is 174 Å². The van der Waals surface area contributed by atoms with E-state index >= 15 is 0 Å². The number of aromatic nitrogens is 6. The van der Waals surface area contributed by atoms with Crippen molar-refractivity contribution in [2.45, 2.75) is 19.6 Å². The summed E-state index contributed by atoms with van der Waals surface area (Å²) in [4.78, 5) is 4.27. The summed E-state index contributed by atoms with van der Waals surface area (Å²) in [6, 6.07) is 11.3. The van der Waals surface area contributed by atoms with Crippen LogP contribution in [0, 0.1) is 5.41 Å². The summed E-state index contributed by atoms with van der Waals surface area (Å²) in [7, 11) is 0. The zero-order valence-electron chi connectivity index (χ0n) is 16.3.